The number of thiocarbonyl (C=S) groups is 1. The van der Waals surface area contributed by atoms with E-state index < -0.39 is 0 Å². The van der Waals surface area contributed by atoms with Crippen LogP contribution in [-0.4, -0.2) is 29.4 Å². The fourth-order valence-corrected chi connectivity index (χ4v) is 1.87. The van der Waals surface area contributed by atoms with E-state index >= 15 is 0 Å². The van der Waals surface area contributed by atoms with Crippen molar-refractivity contribution in [1.82, 2.24) is 4.90 Å². The minimum Gasteiger partial charge on any atom is -0.393 e. The lowest BCUT2D eigenvalue weighted by Gasteiger charge is -2.16. The van der Waals surface area contributed by atoms with Crippen molar-refractivity contribution in [2.45, 2.75) is 12.8 Å². The van der Waals surface area contributed by atoms with E-state index in [2.05, 4.69) is 0 Å². The zero-order valence-electron chi connectivity index (χ0n) is 8.60. The minimum absolute atomic E-state index is 0.102. The second-order valence-electron chi connectivity index (χ2n) is 3.34. The molecule has 15 heavy (non-hydrogen) atoms. The summed E-state index contributed by atoms with van der Waals surface area (Å²) in [5.74, 6) is 0.102. The van der Waals surface area contributed by atoms with E-state index in [0.717, 1.165) is 5.56 Å². The Kier molecular flexibility index (Phi) is 4.71. The summed E-state index contributed by atoms with van der Waals surface area (Å²) in [6.07, 6.45) is 1.04. The summed E-state index contributed by atoms with van der Waals surface area (Å²) in [4.78, 5) is 13.8. The van der Waals surface area contributed by atoms with Gasteiger partial charge in [-0.3, -0.25) is 4.79 Å². The molecular weight excluding hydrogens is 228 g/mol. The highest BCUT2D eigenvalue weighted by Crippen LogP contribution is 2.07. The van der Waals surface area contributed by atoms with Crippen LogP contribution in [0.2, 0.25) is 0 Å². The van der Waals surface area contributed by atoms with Gasteiger partial charge in [0.25, 0.3) is 0 Å². The van der Waals surface area contributed by atoms with Gasteiger partial charge in [0.15, 0.2) is 0 Å². The normalized spacial score (nSPS) is 9.93. The van der Waals surface area contributed by atoms with Crippen molar-refractivity contribution in [2.75, 3.05) is 13.6 Å². The average molecular weight is 242 g/mol. The maximum atomic E-state index is 11.7. The van der Waals surface area contributed by atoms with E-state index in [4.69, 9.17) is 18.0 Å². The summed E-state index contributed by atoms with van der Waals surface area (Å²) < 4.78 is 0. The first kappa shape index (κ1) is 12.1. The number of amides is 1. The van der Waals surface area contributed by atoms with Gasteiger partial charge < -0.3 is 10.6 Å². The molecule has 0 fully saturated rings. The summed E-state index contributed by atoms with van der Waals surface area (Å²) in [7, 11) is 1.77. The molecular formula is C10H14N2OS2. The Balaban J connectivity index is 2.36. The molecule has 0 unspecified atom stereocenters. The van der Waals surface area contributed by atoms with E-state index in [1.165, 1.54) is 0 Å². The van der Waals surface area contributed by atoms with Gasteiger partial charge in [0, 0.05) is 20.0 Å². The van der Waals surface area contributed by atoms with E-state index in [-0.39, 0.29) is 5.91 Å². The molecule has 0 radical (unpaired) electrons. The van der Waals surface area contributed by atoms with Crippen LogP contribution in [0.1, 0.15) is 12.0 Å². The zero-order chi connectivity index (χ0) is 11.3. The fourth-order valence-electron chi connectivity index (χ4n) is 1.11. The summed E-state index contributed by atoms with van der Waals surface area (Å²) in [5, 5.41) is 3.96. The van der Waals surface area contributed by atoms with Crippen LogP contribution >= 0.6 is 23.6 Å². The smallest absolute Gasteiger partial charge is 0.226 e. The van der Waals surface area contributed by atoms with Crippen molar-refractivity contribution in [3.05, 3.63) is 22.4 Å². The van der Waals surface area contributed by atoms with Crippen LogP contribution in [-0.2, 0) is 11.2 Å². The first-order chi connectivity index (χ1) is 7.09. The Bertz CT molecular complexity index is 335. The quantitative estimate of drug-likeness (QED) is 0.794. The van der Waals surface area contributed by atoms with Crippen molar-refractivity contribution in [2.24, 2.45) is 5.73 Å². The Hall–Kier alpha value is -0.940. The third-order valence-corrected chi connectivity index (χ3v) is 2.99. The van der Waals surface area contributed by atoms with Crippen LogP contribution in [0.4, 0.5) is 0 Å². The predicted molar refractivity (Wildman–Crippen MR) is 67.1 cm³/mol. The van der Waals surface area contributed by atoms with Gasteiger partial charge in [-0.05, 0) is 22.4 Å². The third-order valence-electron chi connectivity index (χ3n) is 2.05. The standard InChI is InChI=1S/C10H14N2OS2/c1-12(4-2-9(11)14)10(13)6-8-3-5-15-7-8/h3,5,7H,2,4,6H2,1H3,(H2,11,14). The number of thiophene rings is 1. The fraction of sp³-hybridized carbons (Fsp3) is 0.400. The number of nitrogens with zero attached hydrogens (tertiary/aromatic N) is 1. The lowest BCUT2D eigenvalue weighted by Crippen LogP contribution is -2.31. The van der Waals surface area contributed by atoms with Gasteiger partial charge in [0.2, 0.25) is 5.91 Å². The van der Waals surface area contributed by atoms with Gasteiger partial charge in [0.1, 0.15) is 0 Å². The molecule has 1 rings (SSSR count). The zero-order valence-corrected chi connectivity index (χ0v) is 10.2. The largest absolute Gasteiger partial charge is 0.393 e. The highest BCUT2D eigenvalue weighted by atomic mass is 32.1. The molecule has 1 amide bonds. The predicted octanol–water partition coefficient (Wildman–Crippen LogP) is 1.43. The maximum Gasteiger partial charge on any atom is 0.226 e. The Morgan fingerprint density at radius 2 is 2.40 bits per heavy atom. The number of carbonyl (C=O) groups is 1. The first-order valence-electron chi connectivity index (χ1n) is 4.63. The number of rotatable bonds is 5. The van der Waals surface area contributed by atoms with Crippen molar-refractivity contribution in [3.8, 4) is 0 Å². The van der Waals surface area contributed by atoms with Crippen molar-refractivity contribution in [3.63, 3.8) is 0 Å². The van der Waals surface area contributed by atoms with Crippen LogP contribution in [0.25, 0.3) is 0 Å². The number of hydrogen-bond acceptors (Lipinski definition) is 3. The lowest BCUT2D eigenvalue weighted by molar-refractivity contribution is -0.129. The molecule has 82 valence electrons. The van der Waals surface area contributed by atoms with Gasteiger partial charge in [-0.25, -0.2) is 0 Å². The average Bonchev–Trinajstić information content (AvgIpc) is 2.66. The van der Waals surface area contributed by atoms with Gasteiger partial charge in [-0.15, -0.1) is 0 Å². The van der Waals surface area contributed by atoms with Gasteiger partial charge in [-0.2, -0.15) is 11.3 Å². The molecule has 3 nitrogen and oxygen atoms in total. The third kappa shape index (κ3) is 4.40. The van der Waals surface area contributed by atoms with Crippen molar-refractivity contribution >= 4 is 34.5 Å². The molecule has 0 aromatic carbocycles. The van der Waals surface area contributed by atoms with E-state index in [9.17, 15) is 4.79 Å². The van der Waals surface area contributed by atoms with Crippen molar-refractivity contribution in [1.29, 1.82) is 0 Å². The van der Waals surface area contributed by atoms with Crippen LogP contribution in [0, 0.1) is 0 Å². The van der Waals surface area contributed by atoms with Crippen LogP contribution < -0.4 is 5.73 Å². The monoisotopic (exact) mass is 242 g/mol. The molecule has 0 aliphatic carbocycles. The van der Waals surface area contributed by atoms with Crippen molar-refractivity contribution < 1.29 is 4.79 Å². The second kappa shape index (κ2) is 5.82. The number of carbonyl (C=O) groups excluding carboxylic acids is 1. The first-order valence-corrected chi connectivity index (χ1v) is 5.98. The molecule has 0 spiro atoms. The molecule has 1 heterocycles. The number of hydrogen-bond donors (Lipinski definition) is 1. The summed E-state index contributed by atoms with van der Waals surface area (Å²) >= 11 is 6.36. The lowest BCUT2D eigenvalue weighted by atomic mass is 10.2. The molecule has 0 saturated heterocycles. The SMILES string of the molecule is CN(CCC(N)=S)C(=O)Cc1ccsc1. The molecule has 0 aliphatic heterocycles. The molecule has 0 saturated carbocycles. The minimum atomic E-state index is 0.102. The Morgan fingerprint density at radius 3 is 2.93 bits per heavy atom. The molecule has 0 atom stereocenters. The van der Waals surface area contributed by atoms with Crippen LogP contribution in [0.15, 0.2) is 16.8 Å². The Morgan fingerprint density at radius 1 is 1.67 bits per heavy atom. The maximum absolute atomic E-state index is 11.7. The Labute approximate surface area is 98.9 Å². The van der Waals surface area contributed by atoms with E-state index in [1.54, 1.807) is 23.3 Å². The van der Waals surface area contributed by atoms with E-state index in [0.29, 0.717) is 24.4 Å². The van der Waals surface area contributed by atoms with Crippen LogP contribution in [0.5, 0.6) is 0 Å². The molecule has 5 heteroatoms. The highest BCUT2D eigenvalue weighted by Gasteiger charge is 2.09. The molecule has 0 aliphatic rings. The summed E-state index contributed by atoms with van der Waals surface area (Å²) in [5.41, 5.74) is 6.43. The van der Waals surface area contributed by atoms with Crippen LogP contribution in [0.3, 0.4) is 0 Å². The molecule has 1 aromatic heterocycles. The second-order valence-corrected chi connectivity index (χ2v) is 4.64. The number of likely N-dealkylation sites (N-methyl/N-ethyl adjacent to an activating group) is 1. The van der Waals surface area contributed by atoms with E-state index in [1.807, 2.05) is 16.8 Å². The van der Waals surface area contributed by atoms with Gasteiger partial charge >= 0.3 is 0 Å². The molecule has 2 N–H and O–H groups in total. The highest BCUT2D eigenvalue weighted by molar-refractivity contribution is 7.80. The topological polar surface area (TPSA) is 46.3 Å². The molecule has 1 aromatic rings. The number of nitrogens with two attached hydrogens (primary N) is 1. The van der Waals surface area contributed by atoms with Gasteiger partial charge in [0.05, 0.1) is 11.4 Å². The summed E-state index contributed by atoms with van der Waals surface area (Å²) in [6.45, 7) is 0.596. The molecule has 0 bridgehead atoms. The summed E-state index contributed by atoms with van der Waals surface area (Å²) in [6, 6.07) is 1.96. The van der Waals surface area contributed by atoms with Gasteiger partial charge in [-0.1, -0.05) is 12.2 Å².